The van der Waals surface area contributed by atoms with E-state index in [1.165, 1.54) is 15.2 Å². The number of amides is 2. The fraction of sp³-hybridized carbons (Fsp3) is 0.345. The van der Waals surface area contributed by atoms with Crippen molar-refractivity contribution < 1.29 is 29.4 Å². The number of nitrogens with one attached hydrogen (secondary N) is 2. The van der Waals surface area contributed by atoms with Gasteiger partial charge >= 0.3 is 11.9 Å². The van der Waals surface area contributed by atoms with Crippen LogP contribution in [0.2, 0.25) is 0 Å². The van der Waals surface area contributed by atoms with Gasteiger partial charge in [0.2, 0.25) is 11.8 Å². The number of rotatable bonds is 16. The molecule has 4 heterocycles. The highest BCUT2D eigenvalue weighted by atomic mass is 16.4. The van der Waals surface area contributed by atoms with Crippen LogP contribution in [-0.2, 0) is 38.6 Å². The molecule has 7 rings (SSSR count). The maximum Gasteiger partial charge on any atom is 0.305 e. The summed E-state index contributed by atoms with van der Waals surface area (Å²) in [6.07, 6.45) is 13.7. The number of carboxylic acid groups (broad SMARTS) is 2. The van der Waals surface area contributed by atoms with Crippen molar-refractivity contribution >= 4 is 23.8 Å². The third kappa shape index (κ3) is 12.7. The first kappa shape index (κ1) is 50.9. The molecule has 69 heavy (non-hydrogen) atoms. The molecule has 0 saturated carbocycles. The molecule has 0 saturated heterocycles. The van der Waals surface area contributed by atoms with Crippen molar-refractivity contribution in [2.45, 2.75) is 118 Å². The molecular formula is C55H62N6O8. The van der Waals surface area contributed by atoms with E-state index in [9.17, 15) is 39.0 Å². The average Bonchev–Trinajstić information content (AvgIpc) is 3.30. The predicted molar refractivity (Wildman–Crippen MR) is 266 cm³/mol. The number of carboxylic acids is 2. The number of aromatic nitrogens is 4. The second-order valence-corrected chi connectivity index (χ2v) is 18.2. The molecule has 2 aromatic carbocycles. The lowest BCUT2D eigenvalue weighted by Crippen LogP contribution is -2.42. The van der Waals surface area contributed by atoms with E-state index in [0.717, 1.165) is 86.9 Å². The van der Waals surface area contributed by atoms with Gasteiger partial charge in [-0.1, -0.05) is 56.7 Å². The highest BCUT2D eigenvalue weighted by Crippen LogP contribution is 2.31. The zero-order valence-electron chi connectivity index (χ0n) is 40.4. The van der Waals surface area contributed by atoms with Gasteiger partial charge < -0.3 is 30.0 Å². The van der Waals surface area contributed by atoms with Gasteiger partial charge in [-0.15, -0.1) is 0 Å². The van der Waals surface area contributed by atoms with E-state index in [0.29, 0.717) is 17.5 Å². The molecule has 1 aliphatic carbocycles. The average molecular weight is 935 g/mol. The van der Waals surface area contributed by atoms with E-state index in [1.54, 1.807) is 43.2 Å². The van der Waals surface area contributed by atoms with E-state index < -0.39 is 41.9 Å². The molecule has 0 spiro atoms. The Kier molecular flexibility index (Phi) is 17.0. The summed E-state index contributed by atoms with van der Waals surface area (Å²) in [5, 5.41) is 24.8. The monoisotopic (exact) mass is 934 g/mol. The molecule has 0 radical (unpaired) electrons. The smallest absolute Gasteiger partial charge is 0.305 e. The molecule has 1 unspecified atom stereocenters. The van der Waals surface area contributed by atoms with Crippen LogP contribution in [0.4, 0.5) is 0 Å². The van der Waals surface area contributed by atoms with Gasteiger partial charge in [-0.2, -0.15) is 0 Å². The number of benzene rings is 2. The molecule has 4 atom stereocenters. The standard InChI is InChI=1S/C28H33N3O4.C27H29N3O4/c1-6-18(3)27(31-11-10-17(2)12-24(31)32)28(35)30-23(14-25(33)34)21-13-22(16-29-15-21)26-19(4)8-7-9-20(26)5;1-17-6-5-7-18(2)26(17)21-12-20(14-28-15-21)23(13-25(32)33)29-24(31)16-30-11-10-19-8-3-4-9-22(19)27(30)34/h7-13,15-16,18,23,27H,6,14H2,1-5H3,(H,30,35)(H,33,34);5-7,10-12,14-15,23H,3-4,8-9,13,16H2,1-2H3,(H,29,31)(H,32,33)/t18?,23-,27-;23-/m00/s1. The Hall–Kier alpha value is -7.48. The number of pyridine rings is 4. The number of hydrogen-bond donors (Lipinski definition) is 4. The van der Waals surface area contributed by atoms with Gasteiger partial charge in [-0.05, 0) is 146 Å². The summed E-state index contributed by atoms with van der Waals surface area (Å²) in [6, 6.07) is 18.7. The molecule has 6 aromatic rings. The normalized spacial score (nSPS) is 13.7. The van der Waals surface area contributed by atoms with E-state index in [4.69, 9.17) is 0 Å². The van der Waals surface area contributed by atoms with Gasteiger partial charge in [-0.25, -0.2) is 0 Å². The summed E-state index contributed by atoms with van der Waals surface area (Å²) in [4.78, 5) is 83.9. The Morgan fingerprint density at radius 1 is 0.681 bits per heavy atom. The maximum atomic E-state index is 13.5. The lowest BCUT2D eigenvalue weighted by atomic mass is 9.93. The van der Waals surface area contributed by atoms with Crippen LogP contribution < -0.4 is 21.8 Å². The molecule has 0 bridgehead atoms. The summed E-state index contributed by atoms with van der Waals surface area (Å²) < 4.78 is 2.84. The fourth-order valence-corrected chi connectivity index (χ4v) is 9.22. The van der Waals surface area contributed by atoms with Gasteiger partial charge in [0.15, 0.2) is 0 Å². The Morgan fingerprint density at radius 3 is 1.71 bits per heavy atom. The van der Waals surface area contributed by atoms with Crippen LogP contribution in [0.1, 0.15) is 114 Å². The number of carbonyl (C=O) groups is 4. The number of aryl methyl sites for hydroxylation is 6. The minimum atomic E-state index is -1.04. The molecule has 1 aliphatic rings. The Morgan fingerprint density at radius 2 is 1.20 bits per heavy atom. The lowest BCUT2D eigenvalue weighted by Gasteiger charge is -2.27. The van der Waals surface area contributed by atoms with Crippen molar-refractivity contribution in [2.75, 3.05) is 0 Å². The molecular weight excluding hydrogens is 873 g/mol. The number of hydrogen-bond acceptors (Lipinski definition) is 8. The van der Waals surface area contributed by atoms with Crippen LogP contribution in [0.25, 0.3) is 22.3 Å². The Bertz CT molecular complexity index is 2930. The number of carbonyl (C=O) groups excluding carboxylic acids is 2. The Labute approximate surface area is 402 Å². The highest BCUT2D eigenvalue weighted by molar-refractivity contribution is 5.82. The van der Waals surface area contributed by atoms with Crippen molar-refractivity contribution in [1.29, 1.82) is 0 Å². The lowest BCUT2D eigenvalue weighted by molar-refractivity contribution is -0.139. The largest absolute Gasteiger partial charge is 0.481 e. The number of fused-ring (bicyclic) bond motifs is 1. The first-order valence-electron chi connectivity index (χ1n) is 23.4. The van der Waals surface area contributed by atoms with Gasteiger partial charge in [-0.3, -0.25) is 38.7 Å². The summed E-state index contributed by atoms with van der Waals surface area (Å²) in [7, 11) is 0. The van der Waals surface area contributed by atoms with Crippen molar-refractivity contribution in [1.82, 2.24) is 29.7 Å². The van der Waals surface area contributed by atoms with Crippen LogP contribution in [0.3, 0.4) is 0 Å². The fourth-order valence-electron chi connectivity index (χ4n) is 9.22. The van der Waals surface area contributed by atoms with E-state index in [2.05, 4.69) is 20.6 Å². The second-order valence-electron chi connectivity index (χ2n) is 18.2. The molecule has 4 aromatic heterocycles. The Balaban J connectivity index is 0.000000227. The second kappa shape index (κ2) is 23.0. The van der Waals surface area contributed by atoms with Gasteiger partial charge in [0.25, 0.3) is 11.1 Å². The van der Waals surface area contributed by atoms with Gasteiger partial charge in [0.05, 0.1) is 24.9 Å². The SMILES string of the molecule is CCC(C)[C@@H](C(=O)N[C@@H](CC(=O)O)c1cncc(-c2c(C)cccc2C)c1)n1ccc(C)cc1=O.Cc1cccc(C)c1-c1cncc([C@H](CC(=O)O)NC(=O)Cn2ccc3c(c2=O)CCCC3)c1. The zero-order chi connectivity index (χ0) is 49.9. The third-order valence-corrected chi connectivity index (χ3v) is 12.9. The van der Waals surface area contributed by atoms with Crippen molar-refractivity contribution in [3.8, 4) is 22.3 Å². The molecule has 0 fully saturated rings. The van der Waals surface area contributed by atoms with E-state index >= 15 is 0 Å². The molecule has 4 N–H and O–H groups in total. The molecule has 2 amide bonds. The van der Waals surface area contributed by atoms with Gasteiger partial charge in [0, 0.05) is 59.9 Å². The van der Waals surface area contributed by atoms with Crippen LogP contribution in [0.15, 0.2) is 114 Å². The van der Waals surface area contributed by atoms with Crippen LogP contribution in [-0.4, -0.2) is 53.1 Å². The van der Waals surface area contributed by atoms with Gasteiger partial charge in [0.1, 0.15) is 12.6 Å². The first-order valence-corrected chi connectivity index (χ1v) is 23.4. The van der Waals surface area contributed by atoms with E-state index in [-0.39, 0.29) is 36.4 Å². The third-order valence-electron chi connectivity index (χ3n) is 12.9. The van der Waals surface area contributed by atoms with Crippen LogP contribution in [0, 0.1) is 40.5 Å². The van der Waals surface area contributed by atoms with Crippen molar-refractivity contribution in [2.24, 2.45) is 5.92 Å². The topological polar surface area (TPSA) is 203 Å². The summed E-state index contributed by atoms with van der Waals surface area (Å²) in [5.74, 6) is -3.02. The van der Waals surface area contributed by atoms with Crippen molar-refractivity contribution in [3.05, 3.63) is 175 Å². The van der Waals surface area contributed by atoms with Crippen LogP contribution >= 0.6 is 0 Å². The molecule has 14 heteroatoms. The highest BCUT2D eigenvalue weighted by Gasteiger charge is 2.30. The quantitative estimate of drug-likeness (QED) is 0.0729. The molecule has 0 aliphatic heterocycles. The molecule has 360 valence electrons. The zero-order valence-corrected chi connectivity index (χ0v) is 40.4. The van der Waals surface area contributed by atoms with E-state index in [1.807, 2.05) is 103 Å². The summed E-state index contributed by atoms with van der Waals surface area (Å²) >= 11 is 0. The predicted octanol–water partition coefficient (Wildman–Crippen LogP) is 8.49. The number of aliphatic carboxylic acids is 2. The number of nitrogens with zero attached hydrogens (tertiary/aromatic N) is 4. The van der Waals surface area contributed by atoms with Crippen molar-refractivity contribution in [3.63, 3.8) is 0 Å². The first-order chi connectivity index (χ1) is 32.9. The minimum Gasteiger partial charge on any atom is -0.481 e. The summed E-state index contributed by atoms with van der Waals surface area (Å²) in [5.41, 5.74) is 11.6. The van der Waals surface area contributed by atoms with Crippen LogP contribution in [0.5, 0.6) is 0 Å². The minimum absolute atomic E-state index is 0.138. The maximum absolute atomic E-state index is 13.5. The summed E-state index contributed by atoms with van der Waals surface area (Å²) in [6.45, 7) is 13.6. The molecule has 14 nitrogen and oxygen atoms in total.